The summed E-state index contributed by atoms with van der Waals surface area (Å²) < 4.78 is 0. The Morgan fingerprint density at radius 1 is 1.29 bits per heavy atom. The second kappa shape index (κ2) is 4.19. The third-order valence-electron chi connectivity index (χ3n) is 3.81. The highest BCUT2D eigenvalue weighted by atomic mass is 16.3. The van der Waals surface area contributed by atoms with E-state index in [1.54, 1.807) is 0 Å². The minimum absolute atomic E-state index is 0.345. The summed E-state index contributed by atoms with van der Waals surface area (Å²) >= 11 is 0. The molecule has 0 spiro atoms. The molecule has 0 aromatic rings. The van der Waals surface area contributed by atoms with Crippen LogP contribution in [0.2, 0.25) is 0 Å². The van der Waals surface area contributed by atoms with Crippen molar-refractivity contribution in [2.45, 2.75) is 51.0 Å². The topological polar surface area (TPSA) is 23.5 Å². The maximum Gasteiger partial charge on any atom is 0.0774 e. The van der Waals surface area contributed by atoms with Gasteiger partial charge < -0.3 is 10.0 Å². The van der Waals surface area contributed by atoms with Gasteiger partial charge in [0.05, 0.1) is 5.60 Å². The van der Waals surface area contributed by atoms with E-state index in [4.69, 9.17) is 0 Å². The van der Waals surface area contributed by atoms with Crippen molar-refractivity contribution in [2.75, 3.05) is 19.6 Å². The maximum atomic E-state index is 10.4. The number of aliphatic hydroxyl groups is 1. The first-order valence-corrected chi connectivity index (χ1v) is 6.13. The molecule has 0 aromatic carbocycles. The Labute approximate surface area is 87.3 Å². The van der Waals surface area contributed by atoms with Crippen LogP contribution in [-0.2, 0) is 0 Å². The predicted molar refractivity (Wildman–Crippen MR) is 58.3 cm³/mol. The summed E-state index contributed by atoms with van der Waals surface area (Å²) in [5, 5.41) is 10.4. The summed E-state index contributed by atoms with van der Waals surface area (Å²) in [6.45, 7) is 5.63. The van der Waals surface area contributed by atoms with Gasteiger partial charge in [0, 0.05) is 13.1 Å². The van der Waals surface area contributed by atoms with E-state index in [1.165, 1.54) is 38.8 Å². The summed E-state index contributed by atoms with van der Waals surface area (Å²) in [5.41, 5.74) is -0.345. The molecule has 2 aliphatic rings. The van der Waals surface area contributed by atoms with Gasteiger partial charge in [0.2, 0.25) is 0 Å². The maximum absolute atomic E-state index is 10.4. The Balaban J connectivity index is 1.83. The van der Waals surface area contributed by atoms with Gasteiger partial charge in [-0.3, -0.25) is 0 Å². The second-order valence-corrected chi connectivity index (χ2v) is 5.41. The average molecular weight is 197 g/mol. The molecule has 1 unspecified atom stereocenters. The Kier molecular flexibility index (Phi) is 3.13. The van der Waals surface area contributed by atoms with Crippen LogP contribution in [0.5, 0.6) is 0 Å². The number of hydrogen-bond acceptors (Lipinski definition) is 2. The van der Waals surface area contributed by atoms with E-state index < -0.39 is 0 Å². The third-order valence-corrected chi connectivity index (χ3v) is 3.81. The van der Waals surface area contributed by atoms with Crippen LogP contribution in [0.1, 0.15) is 45.4 Å². The molecule has 1 saturated heterocycles. The van der Waals surface area contributed by atoms with Gasteiger partial charge >= 0.3 is 0 Å². The molecule has 2 fully saturated rings. The van der Waals surface area contributed by atoms with Crippen molar-refractivity contribution in [3.8, 4) is 0 Å². The zero-order chi connectivity index (χ0) is 10.0. The van der Waals surface area contributed by atoms with E-state index in [0.717, 1.165) is 25.3 Å². The van der Waals surface area contributed by atoms with Crippen LogP contribution >= 0.6 is 0 Å². The fraction of sp³-hybridized carbons (Fsp3) is 1.00. The standard InChI is InChI=1S/C12H23NO/c1-11-5-8-13(9-11)10-12(14)6-3-2-4-7-12/h11,14H,2-10H2,1H3. The smallest absolute Gasteiger partial charge is 0.0774 e. The van der Waals surface area contributed by atoms with Crippen molar-refractivity contribution < 1.29 is 5.11 Å². The highest BCUT2D eigenvalue weighted by molar-refractivity contribution is 4.87. The van der Waals surface area contributed by atoms with E-state index in [1.807, 2.05) is 0 Å². The zero-order valence-electron chi connectivity index (χ0n) is 9.34. The van der Waals surface area contributed by atoms with Crippen LogP contribution in [-0.4, -0.2) is 35.2 Å². The lowest BCUT2D eigenvalue weighted by Gasteiger charge is -2.35. The van der Waals surface area contributed by atoms with Crippen LogP contribution in [0.4, 0.5) is 0 Å². The third kappa shape index (κ3) is 2.48. The SMILES string of the molecule is CC1CCN(CC2(O)CCCCC2)C1. The lowest BCUT2D eigenvalue weighted by atomic mass is 9.84. The molecule has 1 saturated carbocycles. The molecule has 1 atom stereocenters. The van der Waals surface area contributed by atoms with E-state index in [9.17, 15) is 5.11 Å². The molecular formula is C12H23NO. The first-order valence-electron chi connectivity index (χ1n) is 6.13. The quantitative estimate of drug-likeness (QED) is 0.732. The van der Waals surface area contributed by atoms with Gasteiger partial charge in [0.25, 0.3) is 0 Å². The summed E-state index contributed by atoms with van der Waals surface area (Å²) in [6, 6.07) is 0. The van der Waals surface area contributed by atoms with Crippen molar-refractivity contribution in [3.05, 3.63) is 0 Å². The van der Waals surface area contributed by atoms with Gasteiger partial charge in [-0.1, -0.05) is 26.2 Å². The zero-order valence-corrected chi connectivity index (χ0v) is 9.34. The number of likely N-dealkylation sites (tertiary alicyclic amines) is 1. The van der Waals surface area contributed by atoms with E-state index in [2.05, 4.69) is 11.8 Å². The molecule has 0 amide bonds. The lowest BCUT2D eigenvalue weighted by molar-refractivity contribution is -0.0219. The molecule has 0 aromatic heterocycles. The van der Waals surface area contributed by atoms with Crippen LogP contribution in [0, 0.1) is 5.92 Å². The lowest BCUT2D eigenvalue weighted by Crippen LogP contribution is -2.43. The van der Waals surface area contributed by atoms with Gasteiger partial charge in [0.1, 0.15) is 0 Å². The molecule has 1 aliphatic carbocycles. The molecule has 2 rings (SSSR count). The Morgan fingerprint density at radius 2 is 2.00 bits per heavy atom. The van der Waals surface area contributed by atoms with E-state index in [0.29, 0.717) is 0 Å². The molecule has 1 heterocycles. The van der Waals surface area contributed by atoms with Gasteiger partial charge in [0.15, 0.2) is 0 Å². The molecule has 1 aliphatic heterocycles. The van der Waals surface area contributed by atoms with Crippen molar-refractivity contribution >= 4 is 0 Å². The number of rotatable bonds is 2. The predicted octanol–water partition coefficient (Wildman–Crippen LogP) is 2.02. The molecule has 2 heteroatoms. The molecule has 0 bridgehead atoms. The first-order chi connectivity index (χ1) is 6.68. The van der Waals surface area contributed by atoms with Crippen LogP contribution in [0.3, 0.4) is 0 Å². The monoisotopic (exact) mass is 197 g/mol. The van der Waals surface area contributed by atoms with Gasteiger partial charge in [-0.2, -0.15) is 0 Å². The van der Waals surface area contributed by atoms with Crippen molar-refractivity contribution in [1.82, 2.24) is 4.90 Å². The summed E-state index contributed by atoms with van der Waals surface area (Å²) in [5.74, 6) is 0.835. The van der Waals surface area contributed by atoms with Crippen molar-refractivity contribution in [3.63, 3.8) is 0 Å². The number of β-amino-alcohol motifs (C(OH)–C–C–N with tert-alkyl or cyclic N) is 1. The molecule has 82 valence electrons. The van der Waals surface area contributed by atoms with Crippen LogP contribution in [0.25, 0.3) is 0 Å². The highest BCUT2D eigenvalue weighted by Crippen LogP contribution is 2.30. The Bertz CT molecular complexity index is 187. The summed E-state index contributed by atoms with van der Waals surface area (Å²) in [4.78, 5) is 2.45. The fourth-order valence-electron chi connectivity index (χ4n) is 2.95. The van der Waals surface area contributed by atoms with Gasteiger partial charge in [-0.05, 0) is 31.7 Å². The van der Waals surface area contributed by atoms with E-state index in [-0.39, 0.29) is 5.60 Å². The first kappa shape index (κ1) is 10.4. The Morgan fingerprint density at radius 3 is 2.57 bits per heavy atom. The largest absolute Gasteiger partial charge is 0.389 e. The number of hydrogen-bond donors (Lipinski definition) is 1. The average Bonchev–Trinajstić information content (AvgIpc) is 2.51. The van der Waals surface area contributed by atoms with Crippen molar-refractivity contribution in [1.29, 1.82) is 0 Å². The molecule has 0 radical (unpaired) electrons. The van der Waals surface area contributed by atoms with Crippen molar-refractivity contribution in [2.24, 2.45) is 5.92 Å². The normalized spacial score (nSPS) is 33.4. The second-order valence-electron chi connectivity index (χ2n) is 5.41. The molecular weight excluding hydrogens is 174 g/mol. The van der Waals surface area contributed by atoms with Crippen LogP contribution < -0.4 is 0 Å². The fourth-order valence-corrected chi connectivity index (χ4v) is 2.95. The highest BCUT2D eigenvalue weighted by Gasteiger charge is 2.33. The van der Waals surface area contributed by atoms with Gasteiger partial charge in [-0.25, -0.2) is 0 Å². The molecule has 2 nitrogen and oxygen atoms in total. The van der Waals surface area contributed by atoms with Crippen LogP contribution in [0.15, 0.2) is 0 Å². The van der Waals surface area contributed by atoms with Gasteiger partial charge in [-0.15, -0.1) is 0 Å². The minimum Gasteiger partial charge on any atom is -0.389 e. The number of nitrogens with zero attached hydrogens (tertiary/aromatic N) is 1. The Hall–Kier alpha value is -0.0800. The summed E-state index contributed by atoms with van der Waals surface area (Å²) in [6.07, 6.45) is 7.13. The summed E-state index contributed by atoms with van der Waals surface area (Å²) in [7, 11) is 0. The molecule has 1 N–H and O–H groups in total. The molecule has 14 heavy (non-hydrogen) atoms. The minimum atomic E-state index is -0.345. The van der Waals surface area contributed by atoms with E-state index >= 15 is 0 Å².